The van der Waals surface area contributed by atoms with Gasteiger partial charge in [0.25, 0.3) is 0 Å². The number of hydrogen-bond donors (Lipinski definition) is 0. The van der Waals surface area contributed by atoms with E-state index in [1.807, 2.05) is 6.07 Å². The second-order valence-corrected chi connectivity index (χ2v) is 5.82. The van der Waals surface area contributed by atoms with Crippen LogP contribution in [-0.4, -0.2) is 13.9 Å². The van der Waals surface area contributed by atoms with Crippen LogP contribution in [0.1, 0.15) is 24.0 Å². The number of hydrogen-bond acceptors (Lipinski definition) is 2. The molecule has 0 saturated heterocycles. The number of aryl methyl sites for hydroxylation is 2. The number of halogens is 1. The fourth-order valence-electron chi connectivity index (χ4n) is 2.85. The van der Waals surface area contributed by atoms with Gasteiger partial charge in [-0.15, -0.1) is 0 Å². The molecule has 0 aromatic heterocycles. The van der Waals surface area contributed by atoms with Crippen molar-refractivity contribution in [2.75, 3.05) is 13.9 Å². The Balaban J connectivity index is 2.11. The van der Waals surface area contributed by atoms with Crippen molar-refractivity contribution in [3.8, 4) is 5.75 Å². The maximum absolute atomic E-state index is 5.54. The van der Waals surface area contributed by atoms with E-state index in [1.54, 1.807) is 7.11 Å². The van der Waals surface area contributed by atoms with E-state index in [1.165, 1.54) is 47.6 Å². The normalized spacial score (nSPS) is 14.4. The predicted molar refractivity (Wildman–Crippen MR) is 80.8 cm³/mol. The minimum atomic E-state index is 0.281. The lowest BCUT2D eigenvalue weighted by molar-refractivity contribution is 0.0512. The summed E-state index contributed by atoms with van der Waals surface area (Å²) in [5.41, 5.74) is 3.01. The lowest BCUT2D eigenvalue weighted by atomic mass is 9.88. The first-order chi connectivity index (χ1) is 9.29. The molecule has 0 radical (unpaired) electrons. The maximum Gasteiger partial charge on any atom is 0.188 e. The van der Waals surface area contributed by atoms with E-state index < -0.39 is 0 Å². The van der Waals surface area contributed by atoms with Crippen LogP contribution < -0.4 is 4.74 Å². The Labute approximate surface area is 121 Å². The fraction of sp³-hybridized carbons (Fsp3) is 0.375. The van der Waals surface area contributed by atoms with Crippen molar-refractivity contribution in [3.05, 3.63) is 39.9 Å². The molecule has 0 heterocycles. The van der Waals surface area contributed by atoms with E-state index in [0.717, 1.165) is 10.2 Å². The van der Waals surface area contributed by atoms with E-state index in [9.17, 15) is 0 Å². The van der Waals surface area contributed by atoms with Crippen molar-refractivity contribution < 1.29 is 9.47 Å². The Bertz CT molecular complexity index is 607. The summed E-state index contributed by atoms with van der Waals surface area (Å²) in [5, 5.41) is 2.59. The molecule has 1 aliphatic rings. The summed E-state index contributed by atoms with van der Waals surface area (Å²) in [6, 6.07) is 8.59. The van der Waals surface area contributed by atoms with Crippen molar-refractivity contribution >= 4 is 26.7 Å². The second kappa shape index (κ2) is 5.51. The van der Waals surface area contributed by atoms with E-state index in [0.29, 0.717) is 0 Å². The van der Waals surface area contributed by atoms with Gasteiger partial charge in [-0.2, -0.15) is 0 Å². The quantitative estimate of drug-likeness (QED) is 0.777. The van der Waals surface area contributed by atoms with Gasteiger partial charge in [0, 0.05) is 11.6 Å². The molecule has 0 amide bonds. The van der Waals surface area contributed by atoms with Gasteiger partial charge in [0.2, 0.25) is 0 Å². The van der Waals surface area contributed by atoms with Gasteiger partial charge in [0.15, 0.2) is 6.79 Å². The number of rotatable bonds is 3. The Kier molecular flexibility index (Phi) is 3.76. The molecule has 19 heavy (non-hydrogen) atoms. The fourth-order valence-corrected chi connectivity index (χ4v) is 3.54. The molecule has 2 aromatic rings. The zero-order valence-electron chi connectivity index (χ0n) is 11.0. The van der Waals surface area contributed by atoms with Crippen LogP contribution in [0, 0.1) is 0 Å². The minimum Gasteiger partial charge on any atom is -0.468 e. The molecule has 0 spiro atoms. The standard InChI is InChI=1S/C16H17BrO2/c1-18-10-19-13-8-12-7-6-11-4-2-3-5-14(11)16(12)15(17)9-13/h6-9H,2-5,10H2,1H3. The second-order valence-electron chi connectivity index (χ2n) is 4.96. The number of methoxy groups -OCH3 is 1. The van der Waals surface area contributed by atoms with Crippen LogP contribution >= 0.6 is 15.9 Å². The van der Waals surface area contributed by atoms with Crippen LogP contribution in [0.2, 0.25) is 0 Å². The average Bonchev–Trinajstić information content (AvgIpc) is 2.44. The first kappa shape index (κ1) is 12.9. The van der Waals surface area contributed by atoms with Gasteiger partial charge in [-0.05, 0) is 59.7 Å². The molecule has 0 fully saturated rings. The van der Waals surface area contributed by atoms with Crippen LogP contribution in [0.5, 0.6) is 5.75 Å². The summed E-state index contributed by atoms with van der Waals surface area (Å²) in [6.45, 7) is 0.281. The SMILES string of the molecule is COCOc1cc(Br)c2c3c(ccc2c1)CCCC3. The molecule has 0 unspecified atom stereocenters. The highest BCUT2D eigenvalue weighted by Gasteiger charge is 2.15. The first-order valence-electron chi connectivity index (χ1n) is 6.65. The van der Waals surface area contributed by atoms with Crippen LogP contribution in [0.25, 0.3) is 10.8 Å². The Morgan fingerprint density at radius 2 is 2.00 bits per heavy atom. The van der Waals surface area contributed by atoms with E-state index in [4.69, 9.17) is 9.47 Å². The summed E-state index contributed by atoms with van der Waals surface area (Å²) in [4.78, 5) is 0. The van der Waals surface area contributed by atoms with Gasteiger partial charge >= 0.3 is 0 Å². The predicted octanol–water partition coefficient (Wildman–Crippen LogP) is 4.46. The van der Waals surface area contributed by atoms with Gasteiger partial charge < -0.3 is 9.47 Å². The monoisotopic (exact) mass is 320 g/mol. The molecular weight excluding hydrogens is 304 g/mol. The molecule has 2 nitrogen and oxygen atoms in total. The Hall–Kier alpha value is -1.06. The highest BCUT2D eigenvalue weighted by atomic mass is 79.9. The highest BCUT2D eigenvalue weighted by molar-refractivity contribution is 9.10. The van der Waals surface area contributed by atoms with E-state index in [2.05, 4.69) is 34.1 Å². The third kappa shape index (κ3) is 2.49. The minimum absolute atomic E-state index is 0.281. The zero-order chi connectivity index (χ0) is 13.2. The van der Waals surface area contributed by atoms with Crippen LogP contribution in [-0.2, 0) is 17.6 Å². The van der Waals surface area contributed by atoms with Gasteiger partial charge in [0.05, 0.1) is 0 Å². The number of benzene rings is 2. The zero-order valence-corrected chi connectivity index (χ0v) is 12.6. The van der Waals surface area contributed by atoms with Gasteiger partial charge in [-0.3, -0.25) is 0 Å². The van der Waals surface area contributed by atoms with Crippen LogP contribution in [0.4, 0.5) is 0 Å². The lowest BCUT2D eigenvalue weighted by Crippen LogP contribution is -2.04. The van der Waals surface area contributed by atoms with Crippen molar-refractivity contribution in [2.24, 2.45) is 0 Å². The molecule has 3 rings (SSSR count). The molecule has 0 atom stereocenters. The lowest BCUT2D eigenvalue weighted by Gasteiger charge is -2.19. The Morgan fingerprint density at radius 3 is 2.84 bits per heavy atom. The molecule has 100 valence electrons. The van der Waals surface area contributed by atoms with Crippen LogP contribution in [0.15, 0.2) is 28.7 Å². The summed E-state index contributed by atoms with van der Waals surface area (Å²) in [7, 11) is 1.63. The molecule has 0 bridgehead atoms. The van der Waals surface area contributed by atoms with Gasteiger partial charge in [-0.1, -0.05) is 28.1 Å². The first-order valence-corrected chi connectivity index (χ1v) is 7.44. The summed E-state index contributed by atoms with van der Waals surface area (Å²) in [5.74, 6) is 0.844. The molecule has 0 aliphatic heterocycles. The van der Waals surface area contributed by atoms with Crippen molar-refractivity contribution in [1.82, 2.24) is 0 Å². The van der Waals surface area contributed by atoms with Crippen LogP contribution in [0.3, 0.4) is 0 Å². The van der Waals surface area contributed by atoms with Gasteiger partial charge in [-0.25, -0.2) is 0 Å². The molecule has 3 heteroatoms. The van der Waals surface area contributed by atoms with Crippen molar-refractivity contribution in [2.45, 2.75) is 25.7 Å². The molecule has 1 aliphatic carbocycles. The molecule has 0 saturated carbocycles. The maximum atomic E-state index is 5.54. The van der Waals surface area contributed by atoms with E-state index in [-0.39, 0.29) is 6.79 Å². The number of ether oxygens (including phenoxy) is 2. The largest absolute Gasteiger partial charge is 0.468 e. The molecule has 0 N–H and O–H groups in total. The van der Waals surface area contributed by atoms with Crippen molar-refractivity contribution in [3.63, 3.8) is 0 Å². The van der Waals surface area contributed by atoms with Gasteiger partial charge in [0.1, 0.15) is 5.75 Å². The topological polar surface area (TPSA) is 18.5 Å². The third-order valence-corrected chi connectivity index (χ3v) is 4.34. The molecular formula is C16H17BrO2. The highest BCUT2D eigenvalue weighted by Crippen LogP contribution is 2.36. The summed E-state index contributed by atoms with van der Waals surface area (Å²) < 4.78 is 11.6. The molecule has 2 aromatic carbocycles. The third-order valence-electron chi connectivity index (χ3n) is 3.71. The summed E-state index contributed by atoms with van der Waals surface area (Å²) >= 11 is 3.70. The van der Waals surface area contributed by atoms with Crippen molar-refractivity contribution in [1.29, 1.82) is 0 Å². The van der Waals surface area contributed by atoms with E-state index >= 15 is 0 Å². The average molecular weight is 321 g/mol. The Morgan fingerprint density at radius 1 is 1.16 bits per heavy atom. The smallest absolute Gasteiger partial charge is 0.188 e. The number of fused-ring (bicyclic) bond motifs is 3. The summed E-state index contributed by atoms with van der Waals surface area (Å²) in [6.07, 6.45) is 4.99.